The van der Waals surface area contributed by atoms with Crippen molar-refractivity contribution in [2.75, 3.05) is 5.32 Å². The smallest absolute Gasteiger partial charge is 0.255 e. The Bertz CT molecular complexity index is 767. The highest BCUT2D eigenvalue weighted by Crippen LogP contribution is 2.24. The molecule has 1 aliphatic carbocycles. The number of para-hydroxylation sites is 1. The van der Waals surface area contributed by atoms with E-state index in [9.17, 15) is 9.59 Å². The summed E-state index contributed by atoms with van der Waals surface area (Å²) in [5.74, 6) is -0.184. The van der Waals surface area contributed by atoms with Crippen LogP contribution < -0.4 is 15.8 Å². The first kappa shape index (κ1) is 17.0. The first-order valence-corrected chi connectivity index (χ1v) is 8.60. The van der Waals surface area contributed by atoms with Gasteiger partial charge in [-0.15, -0.1) is 0 Å². The van der Waals surface area contributed by atoms with E-state index in [1.807, 2.05) is 6.07 Å². The van der Waals surface area contributed by atoms with E-state index < -0.39 is 5.91 Å². The van der Waals surface area contributed by atoms with Crippen LogP contribution in [0.25, 0.3) is 0 Å². The number of amides is 2. The first-order chi connectivity index (χ1) is 12.1. The van der Waals surface area contributed by atoms with Gasteiger partial charge in [0.15, 0.2) is 0 Å². The highest BCUT2D eigenvalue weighted by Gasteiger charge is 2.16. The molecule has 0 bridgehead atoms. The summed E-state index contributed by atoms with van der Waals surface area (Å²) in [6, 6.07) is 13.8. The van der Waals surface area contributed by atoms with Crippen molar-refractivity contribution in [1.29, 1.82) is 0 Å². The fourth-order valence-electron chi connectivity index (χ4n) is 3.09. The minimum atomic E-state index is -0.578. The Morgan fingerprint density at radius 3 is 2.52 bits per heavy atom. The van der Waals surface area contributed by atoms with Crippen LogP contribution in [0, 0.1) is 0 Å². The number of hydrogen-bond donors (Lipinski definition) is 2. The Balaban J connectivity index is 1.72. The molecule has 1 fully saturated rings. The monoisotopic (exact) mass is 338 g/mol. The van der Waals surface area contributed by atoms with E-state index in [1.165, 1.54) is 19.3 Å². The fourth-order valence-corrected chi connectivity index (χ4v) is 3.09. The summed E-state index contributed by atoms with van der Waals surface area (Å²) < 4.78 is 6.00. The van der Waals surface area contributed by atoms with Crippen LogP contribution in [-0.2, 0) is 0 Å². The molecule has 0 unspecified atom stereocenters. The second kappa shape index (κ2) is 7.83. The molecule has 130 valence electrons. The van der Waals surface area contributed by atoms with Gasteiger partial charge in [-0.2, -0.15) is 0 Å². The molecular formula is C20H22N2O3. The minimum absolute atomic E-state index is 0.225. The van der Waals surface area contributed by atoms with Crippen LogP contribution in [-0.4, -0.2) is 17.9 Å². The number of nitrogens with one attached hydrogen (secondary N) is 1. The van der Waals surface area contributed by atoms with Gasteiger partial charge in [0.1, 0.15) is 5.75 Å². The molecule has 25 heavy (non-hydrogen) atoms. The molecule has 2 aromatic rings. The molecule has 5 heteroatoms. The standard InChI is InChI=1S/C20H22N2O3/c21-19(23)17-11-4-5-12-18(17)22-20(24)14-7-6-10-16(13-14)25-15-8-2-1-3-9-15/h4-7,10-13,15H,1-3,8-9H2,(H2,21,23)(H,22,24). The zero-order valence-electron chi connectivity index (χ0n) is 14.0. The second-order valence-corrected chi connectivity index (χ2v) is 6.27. The Morgan fingerprint density at radius 1 is 1.00 bits per heavy atom. The maximum absolute atomic E-state index is 12.5. The largest absolute Gasteiger partial charge is 0.490 e. The van der Waals surface area contributed by atoms with E-state index >= 15 is 0 Å². The van der Waals surface area contributed by atoms with Crippen LogP contribution in [0.4, 0.5) is 5.69 Å². The highest BCUT2D eigenvalue weighted by atomic mass is 16.5. The topological polar surface area (TPSA) is 81.4 Å². The third-order valence-electron chi connectivity index (χ3n) is 4.39. The number of primary amides is 1. The highest BCUT2D eigenvalue weighted by molar-refractivity contribution is 6.08. The molecular weight excluding hydrogens is 316 g/mol. The maximum Gasteiger partial charge on any atom is 0.255 e. The molecule has 0 radical (unpaired) electrons. The van der Waals surface area contributed by atoms with Gasteiger partial charge < -0.3 is 15.8 Å². The Hall–Kier alpha value is -2.82. The molecule has 0 aromatic heterocycles. The van der Waals surface area contributed by atoms with Gasteiger partial charge in [0.2, 0.25) is 0 Å². The molecule has 2 amide bonds. The second-order valence-electron chi connectivity index (χ2n) is 6.27. The predicted molar refractivity (Wildman–Crippen MR) is 96.9 cm³/mol. The van der Waals surface area contributed by atoms with Crippen molar-refractivity contribution < 1.29 is 14.3 Å². The lowest BCUT2D eigenvalue weighted by Crippen LogP contribution is -2.20. The normalized spacial score (nSPS) is 14.7. The van der Waals surface area contributed by atoms with E-state index in [0.717, 1.165) is 12.8 Å². The molecule has 0 atom stereocenters. The summed E-state index contributed by atoms with van der Waals surface area (Å²) in [7, 11) is 0. The molecule has 2 aromatic carbocycles. The summed E-state index contributed by atoms with van der Waals surface area (Å²) >= 11 is 0. The van der Waals surface area contributed by atoms with Crippen molar-refractivity contribution in [2.45, 2.75) is 38.2 Å². The number of carbonyl (C=O) groups excluding carboxylic acids is 2. The van der Waals surface area contributed by atoms with Crippen LogP contribution in [0.5, 0.6) is 5.75 Å². The van der Waals surface area contributed by atoms with E-state index in [2.05, 4.69) is 5.32 Å². The molecule has 3 rings (SSSR count). The summed E-state index contributed by atoms with van der Waals surface area (Å²) in [6.07, 6.45) is 5.98. The van der Waals surface area contributed by atoms with Crippen molar-refractivity contribution in [1.82, 2.24) is 0 Å². The van der Waals surface area contributed by atoms with Gasteiger partial charge in [-0.1, -0.05) is 24.6 Å². The van der Waals surface area contributed by atoms with Crippen LogP contribution in [0.15, 0.2) is 48.5 Å². The predicted octanol–water partition coefficient (Wildman–Crippen LogP) is 3.75. The van der Waals surface area contributed by atoms with Gasteiger partial charge >= 0.3 is 0 Å². The van der Waals surface area contributed by atoms with Crippen LogP contribution >= 0.6 is 0 Å². The summed E-state index contributed by atoms with van der Waals surface area (Å²) in [4.78, 5) is 24.0. The minimum Gasteiger partial charge on any atom is -0.490 e. The van der Waals surface area contributed by atoms with E-state index in [1.54, 1.807) is 42.5 Å². The third kappa shape index (κ3) is 4.38. The van der Waals surface area contributed by atoms with E-state index in [-0.39, 0.29) is 17.6 Å². The van der Waals surface area contributed by atoms with E-state index in [4.69, 9.17) is 10.5 Å². The number of anilines is 1. The molecule has 0 saturated heterocycles. The summed E-state index contributed by atoms with van der Waals surface area (Å²) in [5, 5.41) is 2.74. The molecule has 3 N–H and O–H groups in total. The number of carbonyl (C=O) groups is 2. The zero-order valence-corrected chi connectivity index (χ0v) is 14.0. The number of hydrogen-bond acceptors (Lipinski definition) is 3. The maximum atomic E-state index is 12.5. The van der Waals surface area contributed by atoms with E-state index in [0.29, 0.717) is 17.0 Å². The average Bonchev–Trinajstić information content (AvgIpc) is 2.63. The summed E-state index contributed by atoms with van der Waals surface area (Å²) in [5.41, 5.74) is 6.51. The lowest BCUT2D eigenvalue weighted by atomic mass is 9.98. The number of nitrogens with two attached hydrogens (primary N) is 1. The van der Waals surface area contributed by atoms with Crippen molar-refractivity contribution in [2.24, 2.45) is 5.73 Å². The fraction of sp³-hybridized carbons (Fsp3) is 0.300. The summed E-state index contributed by atoms with van der Waals surface area (Å²) in [6.45, 7) is 0. The van der Waals surface area contributed by atoms with Gasteiger partial charge in [0, 0.05) is 5.56 Å². The van der Waals surface area contributed by atoms with Crippen molar-refractivity contribution >= 4 is 17.5 Å². The number of rotatable bonds is 5. The van der Waals surface area contributed by atoms with Gasteiger partial charge in [0.05, 0.1) is 17.4 Å². The Labute approximate surface area is 147 Å². The first-order valence-electron chi connectivity index (χ1n) is 8.60. The van der Waals surface area contributed by atoms with Gasteiger partial charge in [0.25, 0.3) is 11.8 Å². The molecule has 5 nitrogen and oxygen atoms in total. The molecule has 0 heterocycles. The zero-order chi connectivity index (χ0) is 17.6. The van der Waals surface area contributed by atoms with Gasteiger partial charge in [-0.3, -0.25) is 9.59 Å². The van der Waals surface area contributed by atoms with Crippen LogP contribution in [0.2, 0.25) is 0 Å². The van der Waals surface area contributed by atoms with Crippen molar-refractivity contribution in [3.63, 3.8) is 0 Å². The number of ether oxygens (including phenoxy) is 1. The van der Waals surface area contributed by atoms with Crippen molar-refractivity contribution in [3.05, 3.63) is 59.7 Å². The molecule has 0 spiro atoms. The van der Waals surface area contributed by atoms with Crippen LogP contribution in [0.3, 0.4) is 0 Å². The van der Waals surface area contributed by atoms with Gasteiger partial charge in [-0.25, -0.2) is 0 Å². The van der Waals surface area contributed by atoms with Gasteiger partial charge in [-0.05, 0) is 56.0 Å². The van der Waals surface area contributed by atoms with Crippen LogP contribution in [0.1, 0.15) is 52.8 Å². The number of benzene rings is 2. The molecule has 1 aliphatic rings. The quantitative estimate of drug-likeness (QED) is 0.871. The Kier molecular flexibility index (Phi) is 5.33. The lowest BCUT2D eigenvalue weighted by molar-refractivity contribution is 0.100. The molecule has 1 saturated carbocycles. The van der Waals surface area contributed by atoms with Crippen molar-refractivity contribution in [3.8, 4) is 5.75 Å². The average molecular weight is 338 g/mol. The third-order valence-corrected chi connectivity index (χ3v) is 4.39. The SMILES string of the molecule is NC(=O)c1ccccc1NC(=O)c1cccc(OC2CCCCC2)c1. The Morgan fingerprint density at radius 2 is 1.76 bits per heavy atom. The molecule has 0 aliphatic heterocycles. The lowest BCUT2D eigenvalue weighted by Gasteiger charge is -2.23.